The molecule has 2 aliphatic heterocycles. The molecular weight excluding hydrogens is 838 g/mol. The topological polar surface area (TPSA) is 33.2 Å². The first-order chi connectivity index (χ1) is 33.2. The Morgan fingerprint density at radius 3 is 1.70 bits per heavy atom. The average Bonchev–Trinajstić information content (AvgIpc) is 4.12. The third-order valence-electron chi connectivity index (χ3n) is 14.5. The van der Waals surface area contributed by atoms with E-state index in [1.807, 2.05) is 11.3 Å². The first kappa shape index (κ1) is 35.8. The van der Waals surface area contributed by atoms with Gasteiger partial charge in [-0.05, 0) is 71.6 Å². The molecule has 2 aliphatic rings. The van der Waals surface area contributed by atoms with Gasteiger partial charge in [0.25, 0.3) is 6.71 Å². The molecular formula is C60H34BN3O2S. The minimum absolute atomic E-state index is 0.0770. The molecule has 0 fully saturated rings. The second-order valence-electron chi connectivity index (χ2n) is 17.9. The molecule has 5 nitrogen and oxygen atoms in total. The van der Waals surface area contributed by atoms with Crippen LogP contribution in [0.4, 0.5) is 0 Å². The highest BCUT2D eigenvalue weighted by Gasteiger charge is 2.41. The molecule has 7 heteroatoms. The van der Waals surface area contributed by atoms with Crippen molar-refractivity contribution in [3.8, 4) is 40.1 Å². The summed E-state index contributed by atoms with van der Waals surface area (Å²) in [5.41, 5.74) is 13.5. The summed E-state index contributed by atoms with van der Waals surface area (Å²) in [5, 5.41) is 9.96. The van der Waals surface area contributed by atoms with Gasteiger partial charge in [-0.1, -0.05) is 127 Å². The second kappa shape index (κ2) is 13.1. The molecule has 16 rings (SSSR count). The van der Waals surface area contributed by atoms with Crippen molar-refractivity contribution >= 4 is 120 Å². The Morgan fingerprint density at radius 1 is 0.343 bits per heavy atom. The molecule has 0 spiro atoms. The van der Waals surface area contributed by atoms with E-state index in [4.69, 9.17) is 9.47 Å². The van der Waals surface area contributed by atoms with E-state index in [1.54, 1.807) is 0 Å². The summed E-state index contributed by atoms with van der Waals surface area (Å²) in [5.74, 6) is 3.32. The van der Waals surface area contributed by atoms with Crippen LogP contribution in [0.25, 0.3) is 103 Å². The van der Waals surface area contributed by atoms with Crippen molar-refractivity contribution in [1.82, 2.24) is 13.7 Å². The fraction of sp³-hybridized carbons (Fsp3) is 0. The normalized spacial score (nSPS) is 13.0. The number of aromatic nitrogens is 3. The second-order valence-corrected chi connectivity index (χ2v) is 19.0. The number of nitrogens with zero attached hydrogens (tertiary/aromatic N) is 3. The lowest BCUT2D eigenvalue weighted by Gasteiger charge is -2.33. The molecule has 0 bridgehead atoms. The molecule has 67 heavy (non-hydrogen) atoms. The van der Waals surface area contributed by atoms with Crippen molar-refractivity contribution in [1.29, 1.82) is 0 Å². The number of hydrogen-bond donors (Lipinski definition) is 0. The third kappa shape index (κ3) is 4.73. The Kier molecular flexibility index (Phi) is 6.98. The Bertz CT molecular complexity index is 4480. The van der Waals surface area contributed by atoms with Crippen LogP contribution in [0, 0.1) is 0 Å². The summed E-state index contributed by atoms with van der Waals surface area (Å²) < 4.78 is 24.1. The molecule has 0 amide bonds. The van der Waals surface area contributed by atoms with E-state index in [1.165, 1.54) is 69.0 Å². The van der Waals surface area contributed by atoms with E-state index in [0.29, 0.717) is 0 Å². The quantitative estimate of drug-likeness (QED) is 0.166. The molecule has 0 radical (unpaired) electrons. The third-order valence-corrected chi connectivity index (χ3v) is 15.7. The van der Waals surface area contributed by atoms with Crippen LogP contribution in [-0.2, 0) is 0 Å². The van der Waals surface area contributed by atoms with E-state index < -0.39 is 0 Å². The summed E-state index contributed by atoms with van der Waals surface area (Å²) in [4.78, 5) is 0. The van der Waals surface area contributed by atoms with Gasteiger partial charge in [0, 0.05) is 87.5 Å². The number of rotatable bonds is 3. The van der Waals surface area contributed by atoms with Gasteiger partial charge in [-0.15, -0.1) is 11.3 Å². The van der Waals surface area contributed by atoms with Crippen LogP contribution in [0.5, 0.6) is 23.0 Å². The standard InChI is InChI=1S/C60H34BN3O2S/c1-2-14-35(15-3-1)62-47-22-10-5-18-42(47)56-49(62)30-27-40-38-16-4-9-21-46(38)64(59(40)56)37-33-53-58-54(34-37)66-52-32-36(26-29-45(52)61(58)44-20-8-12-24-51(44)65-53)63-48-23-11-6-19-43(48)57-50(63)31-28-41-39-17-7-13-25-55(39)67-60(41)57/h1-34H. The first-order valence-corrected chi connectivity index (χ1v) is 23.7. The van der Waals surface area contributed by atoms with Gasteiger partial charge in [-0.3, -0.25) is 0 Å². The molecule has 6 heterocycles. The molecule has 4 aromatic heterocycles. The number of fused-ring (bicyclic) bond motifs is 18. The van der Waals surface area contributed by atoms with Crippen molar-refractivity contribution in [2.24, 2.45) is 0 Å². The minimum atomic E-state index is -0.0770. The average molecular weight is 872 g/mol. The summed E-state index contributed by atoms with van der Waals surface area (Å²) in [6, 6.07) is 74.8. The Labute approximate surface area is 387 Å². The summed E-state index contributed by atoms with van der Waals surface area (Å²) in [6.45, 7) is -0.0770. The molecule has 0 unspecified atom stereocenters. The molecule has 14 aromatic rings. The van der Waals surface area contributed by atoms with E-state index >= 15 is 0 Å². The lowest BCUT2D eigenvalue weighted by molar-refractivity contribution is 0.464. The highest BCUT2D eigenvalue weighted by molar-refractivity contribution is 7.26. The zero-order valence-corrected chi connectivity index (χ0v) is 36.6. The van der Waals surface area contributed by atoms with Gasteiger partial charge in [-0.25, -0.2) is 0 Å². The van der Waals surface area contributed by atoms with Crippen molar-refractivity contribution < 1.29 is 9.47 Å². The minimum Gasteiger partial charge on any atom is -0.458 e. The highest BCUT2D eigenvalue weighted by atomic mass is 32.1. The van der Waals surface area contributed by atoms with E-state index in [0.717, 1.165) is 73.0 Å². The molecule has 0 saturated carbocycles. The molecule has 0 N–H and O–H groups in total. The lowest BCUT2D eigenvalue weighted by atomic mass is 9.35. The van der Waals surface area contributed by atoms with E-state index in [2.05, 4.69) is 220 Å². The van der Waals surface area contributed by atoms with Crippen molar-refractivity contribution in [2.45, 2.75) is 0 Å². The van der Waals surface area contributed by atoms with Crippen molar-refractivity contribution in [2.75, 3.05) is 0 Å². The van der Waals surface area contributed by atoms with Crippen LogP contribution >= 0.6 is 11.3 Å². The van der Waals surface area contributed by atoms with Crippen molar-refractivity contribution in [3.63, 3.8) is 0 Å². The molecule has 0 atom stereocenters. The summed E-state index contributed by atoms with van der Waals surface area (Å²) in [6.07, 6.45) is 0. The number of thiophene rings is 1. The van der Waals surface area contributed by atoms with Gasteiger partial charge >= 0.3 is 0 Å². The fourth-order valence-corrected chi connectivity index (χ4v) is 13.1. The maximum Gasteiger partial charge on any atom is 0.260 e. The molecule has 310 valence electrons. The highest BCUT2D eigenvalue weighted by Crippen LogP contribution is 2.46. The van der Waals surface area contributed by atoms with Gasteiger partial charge in [0.1, 0.15) is 23.0 Å². The lowest BCUT2D eigenvalue weighted by Crippen LogP contribution is -2.57. The van der Waals surface area contributed by atoms with Crippen LogP contribution in [0.1, 0.15) is 0 Å². The predicted molar refractivity (Wildman–Crippen MR) is 280 cm³/mol. The Hall–Kier alpha value is -8.52. The maximum absolute atomic E-state index is 7.29. The number of benzene rings is 10. The number of ether oxygens (including phenoxy) is 2. The van der Waals surface area contributed by atoms with Crippen molar-refractivity contribution in [3.05, 3.63) is 206 Å². The Morgan fingerprint density at radius 2 is 0.910 bits per heavy atom. The fourth-order valence-electron chi connectivity index (χ4n) is 11.8. The van der Waals surface area contributed by atoms with E-state index in [9.17, 15) is 0 Å². The van der Waals surface area contributed by atoms with Gasteiger partial charge in [-0.2, -0.15) is 0 Å². The van der Waals surface area contributed by atoms with Gasteiger partial charge in [0.15, 0.2) is 0 Å². The van der Waals surface area contributed by atoms with Crippen LogP contribution in [0.15, 0.2) is 206 Å². The maximum atomic E-state index is 7.29. The Balaban J connectivity index is 0.945. The smallest absolute Gasteiger partial charge is 0.260 e. The summed E-state index contributed by atoms with van der Waals surface area (Å²) in [7, 11) is 0. The number of hydrogen-bond acceptors (Lipinski definition) is 3. The monoisotopic (exact) mass is 871 g/mol. The van der Waals surface area contributed by atoms with Crippen LogP contribution < -0.4 is 25.9 Å². The van der Waals surface area contributed by atoms with Gasteiger partial charge in [0.05, 0.1) is 38.8 Å². The van der Waals surface area contributed by atoms with E-state index in [-0.39, 0.29) is 6.71 Å². The molecule has 0 saturated heterocycles. The zero-order chi connectivity index (χ0) is 43.5. The van der Waals surface area contributed by atoms with Gasteiger partial charge < -0.3 is 23.2 Å². The molecule has 10 aromatic carbocycles. The van der Waals surface area contributed by atoms with Gasteiger partial charge in [0.2, 0.25) is 0 Å². The predicted octanol–water partition coefficient (Wildman–Crippen LogP) is 14.1. The van der Waals surface area contributed by atoms with Crippen LogP contribution in [-0.4, -0.2) is 20.4 Å². The largest absolute Gasteiger partial charge is 0.458 e. The number of para-hydroxylation sites is 5. The summed E-state index contributed by atoms with van der Waals surface area (Å²) >= 11 is 1.88. The first-order valence-electron chi connectivity index (χ1n) is 22.9. The van der Waals surface area contributed by atoms with Crippen LogP contribution in [0.2, 0.25) is 0 Å². The zero-order valence-electron chi connectivity index (χ0n) is 35.8. The SMILES string of the molecule is c1ccc(-n2c3ccccc3c3c2ccc2c4ccccc4n(-c4cc5c6c(c4)Oc4cc(-n7c8ccccc8c8c9sc%10ccccc%10c9ccc87)ccc4B6c4ccccc4O5)c23)cc1. The molecule has 0 aliphatic carbocycles. The van der Waals surface area contributed by atoms with Crippen LogP contribution in [0.3, 0.4) is 0 Å².